The Morgan fingerprint density at radius 3 is 2.56 bits per heavy atom. The van der Waals surface area contributed by atoms with Gasteiger partial charge < -0.3 is 11.1 Å². The average Bonchev–Trinajstić information content (AvgIpc) is 2.73. The number of benzodiazepines with no additional fused rings is 1. The standard InChI is InChI=1S/C19H20N4O2/c1-2-21-16(24)12-23-15-11-7-6-10-14(15)17(22-18(20)19(23)25)13-8-4-3-5-9-13/h3-11,18H,2,12,20H2,1H3,(H,21,24)/t18-/m0/s1. The van der Waals surface area contributed by atoms with E-state index in [1.165, 1.54) is 4.90 Å². The third kappa shape index (κ3) is 3.44. The maximum Gasteiger partial charge on any atom is 0.266 e. The Hall–Kier alpha value is -2.99. The molecule has 1 heterocycles. The molecule has 25 heavy (non-hydrogen) atoms. The Kier molecular flexibility index (Phi) is 4.90. The quantitative estimate of drug-likeness (QED) is 0.882. The van der Waals surface area contributed by atoms with Gasteiger partial charge in [0, 0.05) is 17.7 Å². The monoisotopic (exact) mass is 336 g/mol. The largest absolute Gasteiger partial charge is 0.355 e. The van der Waals surface area contributed by atoms with Gasteiger partial charge in [0.05, 0.1) is 11.4 Å². The summed E-state index contributed by atoms with van der Waals surface area (Å²) in [7, 11) is 0. The molecule has 0 spiro atoms. The maximum atomic E-state index is 12.7. The summed E-state index contributed by atoms with van der Waals surface area (Å²) in [5.41, 5.74) is 8.95. The number of carbonyl (C=O) groups is 2. The van der Waals surface area contributed by atoms with Gasteiger partial charge in [-0.2, -0.15) is 0 Å². The van der Waals surface area contributed by atoms with Crippen molar-refractivity contribution in [3.63, 3.8) is 0 Å². The van der Waals surface area contributed by atoms with Crippen LogP contribution in [0.25, 0.3) is 0 Å². The van der Waals surface area contributed by atoms with Crippen LogP contribution in [0.1, 0.15) is 18.1 Å². The van der Waals surface area contributed by atoms with Gasteiger partial charge in [-0.3, -0.25) is 19.5 Å². The molecule has 1 aliphatic heterocycles. The van der Waals surface area contributed by atoms with Crippen LogP contribution in [0.4, 0.5) is 5.69 Å². The van der Waals surface area contributed by atoms with Gasteiger partial charge in [0.25, 0.3) is 5.91 Å². The van der Waals surface area contributed by atoms with Crippen LogP contribution in [0, 0.1) is 0 Å². The minimum atomic E-state index is -1.06. The summed E-state index contributed by atoms with van der Waals surface area (Å²) >= 11 is 0. The highest BCUT2D eigenvalue weighted by molar-refractivity contribution is 6.20. The number of nitrogens with two attached hydrogens (primary N) is 1. The van der Waals surface area contributed by atoms with Gasteiger partial charge in [-0.05, 0) is 13.0 Å². The number of nitrogens with one attached hydrogen (secondary N) is 1. The molecule has 2 amide bonds. The van der Waals surface area contributed by atoms with Gasteiger partial charge >= 0.3 is 0 Å². The van der Waals surface area contributed by atoms with Crippen LogP contribution >= 0.6 is 0 Å². The number of aliphatic imine (C=N–C) groups is 1. The number of carbonyl (C=O) groups excluding carboxylic acids is 2. The SMILES string of the molecule is CCNC(=O)CN1C(=O)[C@@H](N)N=C(c2ccccc2)c2ccccc21. The Morgan fingerprint density at radius 2 is 1.84 bits per heavy atom. The van der Waals surface area contributed by atoms with E-state index in [4.69, 9.17) is 5.73 Å². The fourth-order valence-electron chi connectivity index (χ4n) is 2.84. The molecule has 0 fully saturated rings. The van der Waals surface area contributed by atoms with Crippen molar-refractivity contribution < 1.29 is 9.59 Å². The normalized spacial score (nSPS) is 16.7. The van der Waals surface area contributed by atoms with Gasteiger partial charge in [0.15, 0.2) is 6.17 Å². The van der Waals surface area contributed by atoms with Gasteiger partial charge in [-0.25, -0.2) is 0 Å². The van der Waals surface area contributed by atoms with Crippen molar-refractivity contribution in [2.75, 3.05) is 18.0 Å². The summed E-state index contributed by atoms with van der Waals surface area (Å²) in [6.07, 6.45) is -1.06. The Labute approximate surface area is 146 Å². The van der Waals surface area contributed by atoms with Crippen LogP contribution in [0.2, 0.25) is 0 Å². The molecule has 0 radical (unpaired) electrons. The fourth-order valence-corrected chi connectivity index (χ4v) is 2.84. The first-order chi connectivity index (χ1) is 12.1. The number of rotatable bonds is 4. The number of likely N-dealkylation sites (N-methyl/N-ethyl adjacent to an activating group) is 1. The molecule has 0 aliphatic carbocycles. The third-order valence-corrected chi connectivity index (χ3v) is 3.96. The number of para-hydroxylation sites is 1. The van der Waals surface area contributed by atoms with Gasteiger partial charge in [-0.15, -0.1) is 0 Å². The Morgan fingerprint density at radius 1 is 1.16 bits per heavy atom. The first kappa shape index (κ1) is 16.9. The summed E-state index contributed by atoms with van der Waals surface area (Å²) in [5, 5.41) is 2.71. The van der Waals surface area contributed by atoms with Crippen molar-refractivity contribution in [3.8, 4) is 0 Å². The van der Waals surface area contributed by atoms with E-state index in [1.54, 1.807) is 0 Å². The van der Waals surface area contributed by atoms with E-state index in [9.17, 15) is 9.59 Å². The molecule has 6 heteroatoms. The lowest BCUT2D eigenvalue weighted by molar-refractivity contribution is -0.124. The van der Waals surface area contributed by atoms with E-state index in [0.717, 1.165) is 11.1 Å². The van der Waals surface area contributed by atoms with Gasteiger partial charge in [0.1, 0.15) is 6.54 Å². The van der Waals surface area contributed by atoms with Gasteiger partial charge in [-0.1, -0.05) is 48.5 Å². The number of amides is 2. The summed E-state index contributed by atoms with van der Waals surface area (Å²) in [5.74, 6) is -0.634. The van der Waals surface area contributed by atoms with Crippen LogP contribution < -0.4 is 16.0 Å². The number of fused-ring (bicyclic) bond motifs is 1. The lowest BCUT2D eigenvalue weighted by atomic mass is 10.0. The molecule has 0 bridgehead atoms. The highest BCUT2D eigenvalue weighted by Crippen LogP contribution is 2.27. The van der Waals surface area contributed by atoms with Crippen molar-refractivity contribution in [2.24, 2.45) is 10.7 Å². The first-order valence-electron chi connectivity index (χ1n) is 8.18. The Balaban J connectivity index is 2.10. The zero-order valence-corrected chi connectivity index (χ0v) is 14.0. The highest BCUT2D eigenvalue weighted by Gasteiger charge is 2.30. The van der Waals surface area contributed by atoms with Crippen molar-refractivity contribution >= 4 is 23.2 Å². The summed E-state index contributed by atoms with van der Waals surface area (Å²) in [6.45, 7) is 2.24. The molecule has 2 aromatic rings. The highest BCUT2D eigenvalue weighted by atomic mass is 16.2. The van der Waals surface area contributed by atoms with E-state index < -0.39 is 12.1 Å². The summed E-state index contributed by atoms with van der Waals surface area (Å²) < 4.78 is 0. The molecule has 0 unspecified atom stereocenters. The number of anilines is 1. The molecule has 6 nitrogen and oxygen atoms in total. The summed E-state index contributed by atoms with van der Waals surface area (Å²) in [4.78, 5) is 30.6. The second kappa shape index (κ2) is 7.27. The van der Waals surface area contributed by atoms with E-state index in [-0.39, 0.29) is 12.5 Å². The lowest BCUT2D eigenvalue weighted by Gasteiger charge is -2.23. The van der Waals surface area contributed by atoms with Crippen LogP contribution in [-0.4, -0.2) is 36.8 Å². The first-order valence-corrected chi connectivity index (χ1v) is 8.18. The molecule has 3 N–H and O–H groups in total. The molecule has 1 atom stereocenters. The molecule has 128 valence electrons. The smallest absolute Gasteiger partial charge is 0.266 e. The average molecular weight is 336 g/mol. The van der Waals surface area contributed by atoms with E-state index >= 15 is 0 Å². The van der Waals surface area contributed by atoms with Crippen LogP contribution in [0.3, 0.4) is 0 Å². The van der Waals surface area contributed by atoms with E-state index in [0.29, 0.717) is 17.9 Å². The van der Waals surface area contributed by atoms with Crippen molar-refractivity contribution in [2.45, 2.75) is 13.1 Å². The molecule has 2 aromatic carbocycles. The number of benzene rings is 2. The molecule has 1 aliphatic rings. The molecule has 3 rings (SSSR count). The lowest BCUT2D eigenvalue weighted by Crippen LogP contribution is -2.47. The topological polar surface area (TPSA) is 87.8 Å². The zero-order chi connectivity index (χ0) is 17.8. The minimum Gasteiger partial charge on any atom is -0.355 e. The van der Waals surface area contributed by atoms with E-state index in [2.05, 4.69) is 10.3 Å². The predicted octanol–water partition coefficient (Wildman–Crippen LogP) is 1.29. The number of nitrogens with zero attached hydrogens (tertiary/aromatic N) is 2. The minimum absolute atomic E-state index is 0.0883. The number of hydrogen-bond donors (Lipinski definition) is 2. The van der Waals surface area contributed by atoms with Crippen molar-refractivity contribution in [1.82, 2.24) is 5.32 Å². The zero-order valence-electron chi connectivity index (χ0n) is 14.0. The molecular formula is C19H20N4O2. The van der Waals surface area contributed by atoms with Gasteiger partial charge in [0.2, 0.25) is 5.91 Å². The molecular weight excluding hydrogens is 316 g/mol. The Bertz CT molecular complexity index is 817. The van der Waals surface area contributed by atoms with Crippen molar-refractivity contribution in [1.29, 1.82) is 0 Å². The maximum absolute atomic E-state index is 12.7. The second-order valence-electron chi connectivity index (χ2n) is 5.68. The second-order valence-corrected chi connectivity index (χ2v) is 5.68. The molecule has 0 saturated carbocycles. The summed E-state index contributed by atoms with van der Waals surface area (Å²) in [6, 6.07) is 17.0. The van der Waals surface area contributed by atoms with E-state index in [1.807, 2.05) is 61.5 Å². The van der Waals surface area contributed by atoms with Crippen LogP contribution in [0.5, 0.6) is 0 Å². The van der Waals surface area contributed by atoms with Crippen LogP contribution in [-0.2, 0) is 9.59 Å². The fraction of sp³-hybridized carbons (Fsp3) is 0.211. The molecule has 0 saturated heterocycles. The van der Waals surface area contributed by atoms with Crippen molar-refractivity contribution in [3.05, 3.63) is 65.7 Å². The number of hydrogen-bond acceptors (Lipinski definition) is 4. The predicted molar refractivity (Wildman–Crippen MR) is 97.5 cm³/mol. The van der Waals surface area contributed by atoms with Crippen LogP contribution in [0.15, 0.2) is 59.6 Å². The third-order valence-electron chi connectivity index (χ3n) is 3.96. The molecule has 0 aromatic heterocycles.